The highest BCUT2D eigenvalue weighted by molar-refractivity contribution is 5.91. The molecule has 1 heterocycles. The van der Waals surface area contributed by atoms with Gasteiger partial charge in [-0.15, -0.1) is 0 Å². The van der Waals surface area contributed by atoms with Crippen molar-refractivity contribution in [1.82, 2.24) is 4.57 Å². The van der Waals surface area contributed by atoms with Crippen molar-refractivity contribution in [2.45, 2.75) is 20.8 Å². The standard InChI is InChI=1S/C16H22N2O/c1-11(2)12(3)10-17-14-9-16(19)18(4)15-8-6-5-7-13(14)15/h5-9,11-12,17H,10H2,1-4H3. The summed E-state index contributed by atoms with van der Waals surface area (Å²) in [6.45, 7) is 7.54. The summed E-state index contributed by atoms with van der Waals surface area (Å²) in [4.78, 5) is 12.0. The van der Waals surface area contributed by atoms with Crippen LogP contribution >= 0.6 is 0 Å². The number of para-hydroxylation sites is 1. The highest BCUT2D eigenvalue weighted by Crippen LogP contribution is 2.21. The maximum absolute atomic E-state index is 12.0. The Morgan fingerprint density at radius 3 is 2.58 bits per heavy atom. The van der Waals surface area contributed by atoms with Gasteiger partial charge in [-0.2, -0.15) is 0 Å². The molecule has 1 atom stereocenters. The molecular formula is C16H22N2O. The molecule has 1 aromatic heterocycles. The lowest BCUT2D eigenvalue weighted by Gasteiger charge is -2.18. The van der Waals surface area contributed by atoms with Crippen molar-refractivity contribution in [2.24, 2.45) is 18.9 Å². The van der Waals surface area contributed by atoms with Crippen molar-refractivity contribution in [3.8, 4) is 0 Å². The number of hydrogen-bond acceptors (Lipinski definition) is 2. The number of hydrogen-bond donors (Lipinski definition) is 1. The number of fused-ring (bicyclic) bond motifs is 1. The van der Waals surface area contributed by atoms with E-state index in [2.05, 4.69) is 32.2 Å². The second kappa shape index (κ2) is 5.47. The summed E-state index contributed by atoms with van der Waals surface area (Å²) in [5.41, 5.74) is 1.93. The zero-order valence-corrected chi connectivity index (χ0v) is 12.1. The fraction of sp³-hybridized carbons (Fsp3) is 0.438. The van der Waals surface area contributed by atoms with Crippen LogP contribution in [0, 0.1) is 11.8 Å². The van der Waals surface area contributed by atoms with Crippen LogP contribution < -0.4 is 10.9 Å². The van der Waals surface area contributed by atoms with E-state index in [-0.39, 0.29) is 5.56 Å². The Balaban J connectivity index is 2.38. The molecule has 1 N–H and O–H groups in total. The van der Waals surface area contributed by atoms with E-state index in [1.54, 1.807) is 10.6 Å². The van der Waals surface area contributed by atoms with Gasteiger partial charge in [0, 0.05) is 30.7 Å². The first-order valence-electron chi connectivity index (χ1n) is 6.83. The second-order valence-corrected chi connectivity index (χ2v) is 5.57. The average molecular weight is 258 g/mol. The summed E-state index contributed by atoms with van der Waals surface area (Å²) < 4.78 is 1.69. The zero-order chi connectivity index (χ0) is 14.0. The molecule has 0 spiro atoms. The minimum atomic E-state index is 0.0263. The molecule has 19 heavy (non-hydrogen) atoms. The topological polar surface area (TPSA) is 34.0 Å². The monoisotopic (exact) mass is 258 g/mol. The third-order valence-electron chi connectivity index (χ3n) is 3.91. The van der Waals surface area contributed by atoms with E-state index in [1.807, 2.05) is 25.2 Å². The van der Waals surface area contributed by atoms with Crippen molar-refractivity contribution >= 4 is 16.6 Å². The maximum Gasteiger partial charge on any atom is 0.252 e. The molecule has 2 rings (SSSR count). The van der Waals surface area contributed by atoms with E-state index in [0.29, 0.717) is 11.8 Å². The van der Waals surface area contributed by atoms with Gasteiger partial charge >= 0.3 is 0 Å². The van der Waals surface area contributed by atoms with Gasteiger partial charge in [0.25, 0.3) is 5.56 Å². The Hall–Kier alpha value is -1.77. The quantitative estimate of drug-likeness (QED) is 0.913. The Morgan fingerprint density at radius 1 is 1.21 bits per heavy atom. The fourth-order valence-corrected chi connectivity index (χ4v) is 2.06. The van der Waals surface area contributed by atoms with Crippen LogP contribution in [0.3, 0.4) is 0 Å². The Kier molecular flexibility index (Phi) is 3.93. The number of pyridine rings is 1. The minimum absolute atomic E-state index is 0.0263. The lowest BCUT2D eigenvalue weighted by atomic mass is 9.98. The summed E-state index contributed by atoms with van der Waals surface area (Å²) in [6.07, 6.45) is 0. The number of aromatic nitrogens is 1. The van der Waals surface area contributed by atoms with Gasteiger partial charge in [0.1, 0.15) is 0 Å². The minimum Gasteiger partial charge on any atom is -0.384 e. The van der Waals surface area contributed by atoms with Crippen LogP contribution in [0.25, 0.3) is 10.9 Å². The van der Waals surface area contributed by atoms with Crippen LogP contribution in [0.4, 0.5) is 5.69 Å². The molecule has 2 aromatic rings. The van der Waals surface area contributed by atoms with Crippen molar-refractivity contribution in [1.29, 1.82) is 0 Å². The van der Waals surface area contributed by atoms with Crippen LogP contribution in [-0.4, -0.2) is 11.1 Å². The van der Waals surface area contributed by atoms with E-state index in [9.17, 15) is 4.79 Å². The summed E-state index contributed by atoms with van der Waals surface area (Å²) in [7, 11) is 1.81. The van der Waals surface area contributed by atoms with Gasteiger partial charge in [0.2, 0.25) is 0 Å². The molecule has 0 aliphatic heterocycles. The number of aryl methyl sites for hydroxylation is 1. The van der Waals surface area contributed by atoms with Gasteiger partial charge in [0.15, 0.2) is 0 Å². The molecule has 0 fully saturated rings. The average Bonchev–Trinajstić information content (AvgIpc) is 2.40. The molecule has 0 aliphatic rings. The van der Waals surface area contributed by atoms with Crippen LogP contribution in [0.1, 0.15) is 20.8 Å². The molecule has 0 saturated heterocycles. The Morgan fingerprint density at radius 2 is 1.89 bits per heavy atom. The van der Waals surface area contributed by atoms with Gasteiger partial charge in [0.05, 0.1) is 5.52 Å². The fourth-order valence-electron chi connectivity index (χ4n) is 2.06. The maximum atomic E-state index is 12.0. The van der Waals surface area contributed by atoms with Gasteiger partial charge in [-0.25, -0.2) is 0 Å². The summed E-state index contributed by atoms with van der Waals surface area (Å²) in [5, 5.41) is 4.52. The third kappa shape index (κ3) is 2.80. The highest BCUT2D eigenvalue weighted by Gasteiger charge is 2.09. The number of benzene rings is 1. The molecule has 0 saturated carbocycles. The normalized spacial score (nSPS) is 12.9. The van der Waals surface area contributed by atoms with E-state index >= 15 is 0 Å². The molecule has 0 amide bonds. The van der Waals surface area contributed by atoms with Crippen LogP contribution in [0.2, 0.25) is 0 Å². The Bertz CT molecular complexity index is 628. The summed E-state index contributed by atoms with van der Waals surface area (Å²) in [6, 6.07) is 9.69. The summed E-state index contributed by atoms with van der Waals surface area (Å²) >= 11 is 0. The number of nitrogens with zero attached hydrogens (tertiary/aromatic N) is 1. The lowest BCUT2D eigenvalue weighted by molar-refractivity contribution is 0.440. The molecule has 0 radical (unpaired) electrons. The van der Waals surface area contributed by atoms with E-state index in [4.69, 9.17) is 0 Å². The molecule has 1 aromatic carbocycles. The van der Waals surface area contributed by atoms with Crippen LogP contribution in [0.5, 0.6) is 0 Å². The third-order valence-corrected chi connectivity index (χ3v) is 3.91. The van der Waals surface area contributed by atoms with Gasteiger partial charge in [-0.3, -0.25) is 4.79 Å². The molecule has 102 valence electrons. The van der Waals surface area contributed by atoms with Gasteiger partial charge in [-0.05, 0) is 17.9 Å². The number of nitrogens with one attached hydrogen (secondary N) is 1. The van der Waals surface area contributed by atoms with E-state index in [0.717, 1.165) is 23.1 Å². The highest BCUT2D eigenvalue weighted by atomic mass is 16.1. The second-order valence-electron chi connectivity index (χ2n) is 5.57. The number of anilines is 1. The van der Waals surface area contributed by atoms with Crippen LogP contribution in [-0.2, 0) is 7.05 Å². The van der Waals surface area contributed by atoms with Crippen molar-refractivity contribution < 1.29 is 0 Å². The zero-order valence-electron chi connectivity index (χ0n) is 12.1. The van der Waals surface area contributed by atoms with Crippen LogP contribution in [0.15, 0.2) is 35.1 Å². The molecular weight excluding hydrogens is 236 g/mol. The molecule has 3 heteroatoms. The van der Waals surface area contributed by atoms with Crippen molar-refractivity contribution in [3.05, 3.63) is 40.7 Å². The molecule has 3 nitrogen and oxygen atoms in total. The van der Waals surface area contributed by atoms with Gasteiger partial charge in [-0.1, -0.05) is 39.0 Å². The first kappa shape index (κ1) is 13.7. The predicted molar refractivity (Wildman–Crippen MR) is 81.7 cm³/mol. The lowest BCUT2D eigenvalue weighted by Crippen LogP contribution is -2.20. The Labute approximate surface area is 114 Å². The molecule has 1 unspecified atom stereocenters. The van der Waals surface area contributed by atoms with Gasteiger partial charge < -0.3 is 9.88 Å². The smallest absolute Gasteiger partial charge is 0.252 e. The van der Waals surface area contributed by atoms with E-state index in [1.165, 1.54) is 0 Å². The first-order chi connectivity index (χ1) is 9.00. The van der Waals surface area contributed by atoms with Crippen molar-refractivity contribution in [2.75, 3.05) is 11.9 Å². The van der Waals surface area contributed by atoms with E-state index < -0.39 is 0 Å². The predicted octanol–water partition coefficient (Wildman–Crippen LogP) is 3.24. The SMILES string of the molecule is CC(C)C(C)CNc1cc(=O)n(C)c2ccccc12. The molecule has 0 bridgehead atoms. The molecule has 0 aliphatic carbocycles. The number of rotatable bonds is 4. The largest absolute Gasteiger partial charge is 0.384 e. The summed E-state index contributed by atoms with van der Waals surface area (Å²) in [5.74, 6) is 1.20. The first-order valence-corrected chi connectivity index (χ1v) is 6.83. The van der Waals surface area contributed by atoms with Crippen molar-refractivity contribution in [3.63, 3.8) is 0 Å².